The smallest absolute Gasteiger partial charge is 0.324 e. The second-order valence-corrected chi connectivity index (χ2v) is 7.50. The average molecular weight is 274 g/mol. The van der Waals surface area contributed by atoms with Gasteiger partial charge in [-0.15, -0.1) is 34.8 Å². The van der Waals surface area contributed by atoms with E-state index in [1.165, 1.54) is 0 Å². The van der Waals surface area contributed by atoms with E-state index in [1.807, 2.05) is 13.8 Å². The molecule has 0 spiro atoms. The maximum absolute atomic E-state index is 11.2. The van der Waals surface area contributed by atoms with Gasteiger partial charge in [0.2, 0.25) is 0 Å². The van der Waals surface area contributed by atoms with Crippen molar-refractivity contribution in [1.82, 2.24) is 0 Å². The molecule has 1 N–H and O–H groups in total. The normalized spacial score (nSPS) is 47.3. The summed E-state index contributed by atoms with van der Waals surface area (Å²) in [6.07, 6.45) is 1.83. The number of carboxylic acids is 1. The molecule has 0 heterocycles. The molecule has 0 aliphatic heterocycles. The van der Waals surface area contributed by atoms with E-state index in [9.17, 15) is 4.79 Å². The van der Waals surface area contributed by atoms with E-state index in [2.05, 4.69) is 0 Å². The van der Waals surface area contributed by atoms with Crippen molar-refractivity contribution in [3.8, 4) is 0 Å². The molecule has 0 aromatic carbocycles. The molecule has 0 saturated heterocycles. The van der Waals surface area contributed by atoms with Gasteiger partial charge in [0.25, 0.3) is 0 Å². The van der Waals surface area contributed by atoms with Crippen LogP contribution in [0.3, 0.4) is 0 Å². The van der Waals surface area contributed by atoms with Crippen molar-refractivity contribution >= 4 is 40.8 Å². The minimum Gasteiger partial charge on any atom is -0.480 e. The van der Waals surface area contributed by atoms with Gasteiger partial charge in [-0.25, -0.2) is 0 Å². The number of hydrogen-bond donors (Lipinski definition) is 1. The zero-order valence-electron chi connectivity index (χ0n) is 8.82. The van der Waals surface area contributed by atoms with Gasteiger partial charge in [0.05, 0.1) is 0 Å². The Bertz CT molecular complexity index is 256. The van der Waals surface area contributed by atoms with Crippen LogP contribution in [-0.2, 0) is 4.79 Å². The van der Waals surface area contributed by atoms with Crippen LogP contribution in [0, 0.1) is 0 Å². The third-order valence-electron chi connectivity index (χ3n) is 2.85. The monoisotopic (exact) mass is 272 g/mol. The average Bonchev–Trinajstić information content (AvgIpc) is 2.06. The fourth-order valence-electron chi connectivity index (χ4n) is 2.08. The van der Waals surface area contributed by atoms with Gasteiger partial charge < -0.3 is 5.11 Å². The molecule has 1 rings (SSSR count). The zero-order valence-corrected chi connectivity index (χ0v) is 11.1. The van der Waals surface area contributed by atoms with Crippen LogP contribution in [0.1, 0.15) is 39.5 Å². The van der Waals surface area contributed by atoms with Gasteiger partial charge in [-0.2, -0.15) is 0 Å². The zero-order chi connectivity index (χ0) is 11.9. The van der Waals surface area contributed by atoms with Gasteiger partial charge in [0.1, 0.15) is 4.87 Å². The lowest BCUT2D eigenvalue weighted by Crippen LogP contribution is -2.40. The van der Waals surface area contributed by atoms with Crippen LogP contribution in [0.2, 0.25) is 0 Å². The van der Waals surface area contributed by atoms with E-state index >= 15 is 0 Å². The maximum Gasteiger partial charge on any atom is 0.324 e. The molecule has 1 aliphatic carbocycles. The summed E-state index contributed by atoms with van der Waals surface area (Å²) < 4.78 is 0. The molecule has 88 valence electrons. The predicted molar refractivity (Wildman–Crippen MR) is 63.2 cm³/mol. The molecule has 0 radical (unpaired) electrons. The quantitative estimate of drug-likeness (QED) is 0.585. The molecule has 2 unspecified atom stereocenters. The van der Waals surface area contributed by atoms with Gasteiger partial charge in [0, 0.05) is 9.75 Å². The Morgan fingerprint density at radius 3 is 1.67 bits per heavy atom. The van der Waals surface area contributed by atoms with Crippen LogP contribution < -0.4 is 0 Å². The van der Waals surface area contributed by atoms with Gasteiger partial charge in [0.15, 0.2) is 0 Å². The summed E-state index contributed by atoms with van der Waals surface area (Å²) in [5, 5.41) is 9.14. The molecule has 2 nitrogen and oxygen atoms in total. The molecule has 5 heteroatoms. The third kappa shape index (κ3) is 3.40. The first-order valence-electron chi connectivity index (χ1n) is 4.87. The van der Waals surface area contributed by atoms with E-state index in [-0.39, 0.29) is 12.8 Å². The summed E-state index contributed by atoms with van der Waals surface area (Å²) in [6.45, 7) is 3.62. The fourth-order valence-corrected chi connectivity index (χ4v) is 3.45. The van der Waals surface area contributed by atoms with E-state index in [0.29, 0.717) is 12.8 Å². The first kappa shape index (κ1) is 13.4. The molecule has 1 fully saturated rings. The third-order valence-corrected chi connectivity index (χ3v) is 3.92. The standard InChI is InChI=1S/C10H15Cl3O2/c1-8(11)3-4-9(2,12)6-10(13,5-8)7(14)15/h3-6H2,1-2H3,(H,14,15). The van der Waals surface area contributed by atoms with Crippen LogP contribution in [0.4, 0.5) is 0 Å². The van der Waals surface area contributed by atoms with Gasteiger partial charge in [-0.3, -0.25) is 4.79 Å². The summed E-state index contributed by atoms with van der Waals surface area (Å²) >= 11 is 18.6. The highest BCUT2D eigenvalue weighted by molar-refractivity contribution is 6.36. The highest BCUT2D eigenvalue weighted by Crippen LogP contribution is 2.47. The lowest BCUT2D eigenvalue weighted by atomic mass is 9.91. The lowest BCUT2D eigenvalue weighted by molar-refractivity contribution is -0.140. The van der Waals surface area contributed by atoms with Gasteiger partial charge in [-0.1, -0.05) is 0 Å². The van der Waals surface area contributed by atoms with E-state index in [4.69, 9.17) is 39.9 Å². The second-order valence-electron chi connectivity index (χ2n) is 4.95. The number of halogens is 3. The fraction of sp³-hybridized carbons (Fsp3) is 0.900. The minimum atomic E-state index is -1.34. The highest BCUT2D eigenvalue weighted by atomic mass is 35.5. The number of alkyl halides is 3. The summed E-state index contributed by atoms with van der Waals surface area (Å²) in [5.74, 6) is -1.04. The van der Waals surface area contributed by atoms with Crippen LogP contribution in [-0.4, -0.2) is 25.7 Å². The number of carbonyl (C=O) groups is 1. The SMILES string of the molecule is CC1(Cl)CCC(C)(Cl)CC(Cl)(C(=O)O)C1. The first-order valence-corrected chi connectivity index (χ1v) is 6.00. The lowest BCUT2D eigenvalue weighted by Gasteiger charge is -2.29. The Morgan fingerprint density at radius 2 is 1.40 bits per heavy atom. The van der Waals surface area contributed by atoms with Crippen LogP contribution >= 0.6 is 34.8 Å². The Morgan fingerprint density at radius 1 is 1.07 bits per heavy atom. The van der Waals surface area contributed by atoms with Crippen molar-refractivity contribution in [1.29, 1.82) is 0 Å². The molecule has 1 aliphatic rings. The van der Waals surface area contributed by atoms with Crippen molar-refractivity contribution in [2.45, 2.75) is 54.2 Å². The Labute approximate surface area is 105 Å². The molecule has 1 saturated carbocycles. The Balaban J connectivity index is 3.01. The summed E-state index contributed by atoms with van der Waals surface area (Å²) in [4.78, 5) is 8.63. The highest BCUT2D eigenvalue weighted by Gasteiger charge is 2.49. The molecule has 0 bridgehead atoms. The predicted octanol–water partition coefficient (Wildman–Crippen LogP) is 3.62. The topological polar surface area (TPSA) is 37.3 Å². The van der Waals surface area contributed by atoms with Gasteiger partial charge >= 0.3 is 5.97 Å². The summed E-state index contributed by atoms with van der Waals surface area (Å²) in [7, 11) is 0. The Hall–Kier alpha value is 0.340. The van der Waals surface area contributed by atoms with E-state index in [0.717, 1.165) is 0 Å². The van der Waals surface area contributed by atoms with Crippen molar-refractivity contribution in [3.63, 3.8) is 0 Å². The minimum absolute atomic E-state index is 0.237. The van der Waals surface area contributed by atoms with E-state index < -0.39 is 20.6 Å². The molecule has 15 heavy (non-hydrogen) atoms. The number of rotatable bonds is 1. The summed E-state index contributed by atoms with van der Waals surface area (Å²) in [6, 6.07) is 0. The Kier molecular flexibility index (Phi) is 3.55. The number of hydrogen-bond acceptors (Lipinski definition) is 1. The van der Waals surface area contributed by atoms with Crippen molar-refractivity contribution in [2.24, 2.45) is 0 Å². The number of aliphatic carboxylic acids is 1. The summed E-state index contributed by atoms with van der Waals surface area (Å²) in [5.41, 5.74) is 0. The first-order chi connectivity index (χ1) is 6.56. The second kappa shape index (κ2) is 3.97. The van der Waals surface area contributed by atoms with Crippen molar-refractivity contribution < 1.29 is 9.90 Å². The molecule has 0 amide bonds. The van der Waals surface area contributed by atoms with Crippen molar-refractivity contribution in [2.75, 3.05) is 0 Å². The molecular formula is C10H15Cl3O2. The number of carboxylic acid groups (broad SMARTS) is 1. The molecule has 0 aromatic heterocycles. The largest absolute Gasteiger partial charge is 0.480 e. The molecule has 0 aromatic rings. The van der Waals surface area contributed by atoms with E-state index in [1.54, 1.807) is 0 Å². The van der Waals surface area contributed by atoms with Crippen LogP contribution in [0.15, 0.2) is 0 Å². The molecule has 2 atom stereocenters. The van der Waals surface area contributed by atoms with Gasteiger partial charge in [-0.05, 0) is 39.5 Å². The van der Waals surface area contributed by atoms with Crippen molar-refractivity contribution in [3.05, 3.63) is 0 Å². The maximum atomic E-state index is 11.2. The van der Waals surface area contributed by atoms with Crippen LogP contribution in [0.25, 0.3) is 0 Å². The van der Waals surface area contributed by atoms with Crippen LogP contribution in [0.5, 0.6) is 0 Å². The molecular weight excluding hydrogens is 258 g/mol.